The summed E-state index contributed by atoms with van der Waals surface area (Å²) in [6.07, 6.45) is -0.154. The van der Waals surface area contributed by atoms with Gasteiger partial charge in [-0.3, -0.25) is 9.59 Å². The number of amides is 2. The number of hydrogen-bond acceptors (Lipinski definition) is 6. The number of piperidine rings is 1. The Hall–Kier alpha value is -1.58. The van der Waals surface area contributed by atoms with E-state index in [-0.39, 0.29) is 40.6 Å². The Balaban J connectivity index is 1.81. The molecule has 0 aromatic carbocycles. The molecular weight excluding hydrogens is 358 g/mol. The van der Waals surface area contributed by atoms with Crippen molar-refractivity contribution in [3.05, 3.63) is 10.6 Å². The fraction of sp³-hybridized carbons (Fsp3) is 0.706. The minimum absolute atomic E-state index is 0.0251. The number of hydrogen-bond donors (Lipinski definition) is 4. The Morgan fingerprint density at radius 2 is 2.08 bits per heavy atom. The normalized spacial score (nSPS) is 35.0. The van der Waals surface area contributed by atoms with Crippen molar-refractivity contribution >= 4 is 29.5 Å². The molecule has 4 N–H and O–H groups in total. The number of fused-ring (bicyclic) bond motifs is 1. The average molecular weight is 383 g/mol. The van der Waals surface area contributed by atoms with Crippen molar-refractivity contribution in [3.63, 3.8) is 0 Å². The zero-order valence-electron chi connectivity index (χ0n) is 15.1. The van der Waals surface area contributed by atoms with Gasteiger partial charge in [0.25, 0.3) is 0 Å². The molecule has 0 aliphatic carbocycles. The highest BCUT2D eigenvalue weighted by Crippen LogP contribution is 2.51. The van der Waals surface area contributed by atoms with Crippen molar-refractivity contribution in [1.82, 2.24) is 15.5 Å². The molecule has 8 nitrogen and oxygen atoms in total. The van der Waals surface area contributed by atoms with Crippen molar-refractivity contribution in [3.8, 4) is 0 Å². The van der Waals surface area contributed by atoms with Gasteiger partial charge < -0.3 is 25.7 Å². The van der Waals surface area contributed by atoms with Crippen LogP contribution in [0.25, 0.3) is 0 Å². The molecule has 3 aliphatic rings. The predicted molar refractivity (Wildman–Crippen MR) is 96.1 cm³/mol. The molecule has 0 unspecified atom stereocenters. The van der Waals surface area contributed by atoms with E-state index in [4.69, 9.17) is 0 Å². The van der Waals surface area contributed by atoms with Crippen molar-refractivity contribution in [2.45, 2.75) is 37.7 Å². The van der Waals surface area contributed by atoms with Gasteiger partial charge in [-0.25, -0.2) is 4.79 Å². The summed E-state index contributed by atoms with van der Waals surface area (Å²) in [5.41, 5.74) is 0.0384. The topological polar surface area (TPSA) is 119 Å². The molecule has 2 amide bonds. The lowest BCUT2D eigenvalue weighted by Crippen LogP contribution is -2.63. The molecule has 0 bridgehead atoms. The second kappa shape index (κ2) is 7.21. The lowest BCUT2D eigenvalue weighted by Gasteiger charge is -2.46. The first kappa shape index (κ1) is 19.2. The minimum atomic E-state index is -1.12. The van der Waals surface area contributed by atoms with Crippen LogP contribution in [0.3, 0.4) is 0 Å². The molecule has 2 saturated heterocycles. The van der Waals surface area contributed by atoms with Crippen LogP contribution >= 0.6 is 11.8 Å². The Labute approximate surface area is 156 Å². The summed E-state index contributed by atoms with van der Waals surface area (Å²) in [6, 6.07) is -0.303. The van der Waals surface area contributed by atoms with E-state index in [1.165, 1.54) is 16.7 Å². The van der Waals surface area contributed by atoms with E-state index in [1.54, 1.807) is 14.0 Å². The number of carboxylic acid groups (broad SMARTS) is 1. The monoisotopic (exact) mass is 383 g/mol. The van der Waals surface area contributed by atoms with Crippen LogP contribution in [-0.2, 0) is 14.4 Å². The average Bonchev–Trinajstić information content (AvgIpc) is 2.83. The molecule has 0 saturated carbocycles. The van der Waals surface area contributed by atoms with Crippen molar-refractivity contribution in [2.24, 2.45) is 17.8 Å². The van der Waals surface area contributed by atoms with Gasteiger partial charge >= 0.3 is 5.97 Å². The standard InChI is InChI=1S/C17H25N3O5S/c1-7-12-11(8(2)21)16(23)20(12)13(17(24)25)14(7)26-10-4-9(5-19-6-10)15(22)18-3/h7-12,19,21H,4-6H2,1-3H3,(H,18,22)(H,24,25)/t7-,8-,9+,10+,11-,12-/m1/s1. The fourth-order valence-corrected chi connectivity index (χ4v) is 5.79. The Kier molecular flexibility index (Phi) is 5.32. The summed E-state index contributed by atoms with van der Waals surface area (Å²) in [5.74, 6) is -2.33. The van der Waals surface area contributed by atoms with Crippen LogP contribution in [-0.4, -0.2) is 70.4 Å². The van der Waals surface area contributed by atoms with Crippen LogP contribution < -0.4 is 10.6 Å². The highest BCUT2D eigenvalue weighted by atomic mass is 32.2. The predicted octanol–water partition coefficient (Wildman–Crippen LogP) is -0.403. The molecule has 0 radical (unpaired) electrons. The second-order valence-electron chi connectivity index (χ2n) is 7.22. The summed E-state index contributed by atoms with van der Waals surface area (Å²) >= 11 is 1.45. The van der Waals surface area contributed by atoms with Crippen LogP contribution in [0.1, 0.15) is 20.3 Å². The SMILES string of the molecule is CNC(=O)[C@@H]1CNC[C@@H](SC2=C(C(=O)O)N3C(=O)[C@H]([C@@H](C)O)[C@H]3[C@H]2C)C1. The van der Waals surface area contributed by atoms with Gasteiger partial charge in [0.05, 0.1) is 24.0 Å². The van der Waals surface area contributed by atoms with Crippen LogP contribution in [0.4, 0.5) is 0 Å². The van der Waals surface area contributed by atoms with Gasteiger partial charge in [0.1, 0.15) is 5.70 Å². The highest BCUT2D eigenvalue weighted by molar-refractivity contribution is 8.03. The first-order valence-corrected chi connectivity index (χ1v) is 9.73. The molecule has 144 valence electrons. The minimum Gasteiger partial charge on any atom is -0.477 e. The first-order chi connectivity index (χ1) is 12.3. The van der Waals surface area contributed by atoms with Gasteiger partial charge in [-0.2, -0.15) is 0 Å². The van der Waals surface area contributed by atoms with Gasteiger partial charge in [-0.15, -0.1) is 11.8 Å². The van der Waals surface area contributed by atoms with Gasteiger partial charge in [0, 0.05) is 36.2 Å². The van der Waals surface area contributed by atoms with Crippen LogP contribution in [0.5, 0.6) is 0 Å². The molecular formula is C17H25N3O5S. The number of thioether (sulfide) groups is 1. The van der Waals surface area contributed by atoms with Gasteiger partial charge in [0.2, 0.25) is 11.8 Å². The third-order valence-corrected chi connectivity index (χ3v) is 7.04. The Morgan fingerprint density at radius 1 is 1.38 bits per heavy atom. The van der Waals surface area contributed by atoms with Crippen molar-refractivity contribution in [1.29, 1.82) is 0 Å². The first-order valence-electron chi connectivity index (χ1n) is 8.85. The molecule has 0 aromatic rings. The van der Waals surface area contributed by atoms with Crippen molar-refractivity contribution in [2.75, 3.05) is 20.1 Å². The number of rotatable bonds is 5. The van der Waals surface area contributed by atoms with Crippen LogP contribution in [0.15, 0.2) is 10.6 Å². The number of aliphatic hydroxyl groups is 1. The molecule has 26 heavy (non-hydrogen) atoms. The number of carbonyl (C=O) groups is 3. The van der Waals surface area contributed by atoms with Crippen LogP contribution in [0, 0.1) is 17.8 Å². The number of nitrogens with zero attached hydrogens (tertiary/aromatic N) is 1. The number of aliphatic hydroxyl groups excluding tert-OH is 1. The quantitative estimate of drug-likeness (QED) is 0.477. The Bertz CT molecular complexity index is 665. The summed E-state index contributed by atoms with van der Waals surface area (Å²) in [5, 5.41) is 25.5. The lowest BCUT2D eigenvalue weighted by molar-refractivity contribution is -0.163. The van der Waals surface area contributed by atoms with Crippen molar-refractivity contribution < 1.29 is 24.6 Å². The van der Waals surface area contributed by atoms with Crippen LogP contribution in [0.2, 0.25) is 0 Å². The Morgan fingerprint density at radius 3 is 2.65 bits per heavy atom. The summed E-state index contributed by atoms with van der Waals surface area (Å²) in [7, 11) is 1.61. The maximum absolute atomic E-state index is 12.4. The number of carbonyl (C=O) groups excluding carboxylic acids is 2. The van der Waals surface area contributed by atoms with E-state index >= 15 is 0 Å². The summed E-state index contributed by atoms with van der Waals surface area (Å²) in [4.78, 5) is 38.1. The molecule has 0 spiro atoms. The van der Waals surface area contributed by atoms with E-state index in [2.05, 4.69) is 10.6 Å². The zero-order chi connectivity index (χ0) is 19.2. The van der Waals surface area contributed by atoms with E-state index in [0.717, 1.165) is 0 Å². The van der Waals surface area contributed by atoms with Gasteiger partial charge in [-0.1, -0.05) is 6.92 Å². The number of carboxylic acids is 1. The van der Waals surface area contributed by atoms with Gasteiger partial charge in [-0.05, 0) is 13.3 Å². The third-order valence-electron chi connectivity index (χ3n) is 5.53. The van der Waals surface area contributed by atoms with E-state index in [0.29, 0.717) is 24.4 Å². The zero-order valence-corrected chi connectivity index (χ0v) is 15.9. The number of β-lactam (4-membered cyclic amide) rings is 1. The lowest BCUT2D eigenvalue weighted by atomic mass is 9.79. The molecule has 0 aromatic heterocycles. The second-order valence-corrected chi connectivity index (χ2v) is 8.56. The molecule has 3 heterocycles. The number of nitrogens with one attached hydrogen (secondary N) is 2. The third kappa shape index (κ3) is 3.01. The molecule has 9 heteroatoms. The summed E-state index contributed by atoms with van der Waals surface area (Å²) < 4.78 is 0. The maximum Gasteiger partial charge on any atom is 0.353 e. The van der Waals surface area contributed by atoms with Gasteiger partial charge in [0.15, 0.2) is 0 Å². The summed E-state index contributed by atoms with van der Waals surface area (Å²) in [6.45, 7) is 4.76. The molecule has 3 rings (SSSR count). The molecule has 3 aliphatic heterocycles. The molecule has 2 fully saturated rings. The maximum atomic E-state index is 12.4. The fourth-order valence-electron chi connectivity index (χ4n) is 4.25. The van der Waals surface area contributed by atoms with E-state index in [1.807, 2.05) is 6.92 Å². The largest absolute Gasteiger partial charge is 0.477 e. The number of aliphatic carboxylic acids is 1. The molecule has 6 atom stereocenters. The smallest absolute Gasteiger partial charge is 0.353 e. The van der Waals surface area contributed by atoms with E-state index < -0.39 is 18.0 Å². The van der Waals surface area contributed by atoms with E-state index in [9.17, 15) is 24.6 Å². The highest BCUT2D eigenvalue weighted by Gasteiger charge is 2.60.